The molecule has 5 heteroatoms. The van der Waals surface area contributed by atoms with Crippen LogP contribution in [-0.2, 0) is 11.3 Å². The minimum Gasteiger partial charge on any atom is -0.483 e. The fourth-order valence-corrected chi connectivity index (χ4v) is 2.02. The van der Waals surface area contributed by atoms with Crippen molar-refractivity contribution in [3.63, 3.8) is 0 Å². The van der Waals surface area contributed by atoms with Crippen molar-refractivity contribution < 1.29 is 9.53 Å². The summed E-state index contributed by atoms with van der Waals surface area (Å²) < 4.78 is 6.57. The standard InChI is InChI=1S/C14H21BrN2O2/c1-14(2,3)17-13(18)9-19-12-6-5-11(15)7-10(12)8-16-4/h5-7,16H,8-9H2,1-4H3,(H,17,18). The Labute approximate surface area is 123 Å². The van der Waals surface area contributed by atoms with Gasteiger partial charge in [0.15, 0.2) is 6.61 Å². The first-order chi connectivity index (χ1) is 8.81. The summed E-state index contributed by atoms with van der Waals surface area (Å²) >= 11 is 3.42. The van der Waals surface area contributed by atoms with Gasteiger partial charge in [-0.3, -0.25) is 4.79 Å². The Hall–Kier alpha value is -1.07. The lowest BCUT2D eigenvalue weighted by Crippen LogP contribution is -2.43. The van der Waals surface area contributed by atoms with E-state index >= 15 is 0 Å². The van der Waals surface area contributed by atoms with Gasteiger partial charge in [0, 0.05) is 22.1 Å². The van der Waals surface area contributed by atoms with E-state index in [-0.39, 0.29) is 18.1 Å². The number of hydrogen-bond donors (Lipinski definition) is 2. The number of benzene rings is 1. The van der Waals surface area contributed by atoms with Crippen molar-refractivity contribution >= 4 is 21.8 Å². The molecule has 0 bridgehead atoms. The van der Waals surface area contributed by atoms with Gasteiger partial charge in [-0.05, 0) is 46.0 Å². The second-order valence-electron chi connectivity index (χ2n) is 5.37. The van der Waals surface area contributed by atoms with Gasteiger partial charge in [0.25, 0.3) is 5.91 Å². The molecule has 0 aliphatic carbocycles. The number of rotatable bonds is 5. The molecule has 1 amide bonds. The molecule has 1 aromatic carbocycles. The number of carbonyl (C=O) groups is 1. The zero-order valence-corrected chi connectivity index (χ0v) is 13.4. The summed E-state index contributed by atoms with van der Waals surface area (Å²) in [6, 6.07) is 5.74. The van der Waals surface area contributed by atoms with Gasteiger partial charge in [0.2, 0.25) is 0 Å². The molecule has 0 aromatic heterocycles. The van der Waals surface area contributed by atoms with E-state index in [1.165, 1.54) is 0 Å². The number of ether oxygens (including phenoxy) is 1. The highest BCUT2D eigenvalue weighted by molar-refractivity contribution is 9.10. The summed E-state index contributed by atoms with van der Waals surface area (Å²) in [5.74, 6) is 0.604. The molecule has 19 heavy (non-hydrogen) atoms. The first-order valence-electron chi connectivity index (χ1n) is 6.18. The average molecular weight is 329 g/mol. The minimum atomic E-state index is -0.242. The summed E-state index contributed by atoms with van der Waals surface area (Å²) in [4.78, 5) is 11.7. The zero-order valence-electron chi connectivity index (χ0n) is 11.8. The van der Waals surface area contributed by atoms with Gasteiger partial charge in [-0.15, -0.1) is 0 Å². The van der Waals surface area contributed by atoms with Crippen LogP contribution in [0, 0.1) is 0 Å². The molecule has 0 radical (unpaired) electrons. The van der Waals surface area contributed by atoms with Crippen molar-refractivity contribution in [2.24, 2.45) is 0 Å². The SMILES string of the molecule is CNCc1cc(Br)ccc1OCC(=O)NC(C)(C)C. The van der Waals surface area contributed by atoms with E-state index in [2.05, 4.69) is 26.6 Å². The van der Waals surface area contributed by atoms with E-state index in [0.717, 1.165) is 15.8 Å². The molecule has 0 saturated carbocycles. The van der Waals surface area contributed by atoms with Crippen molar-refractivity contribution in [3.8, 4) is 5.75 Å². The molecule has 0 unspecified atom stereocenters. The Morgan fingerprint density at radius 3 is 2.63 bits per heavy atom. The van der Waals surface area contributed by atoms with Gasteiger partial charge in [-0.25, -0.2) is 0 Å². The predicted octanol–water partition coefficient (Wildman–Crippen LogP) is 2.46. The van der Waals surface area contributed by atoms with Crippen molar-refractivity contribution in [1.82, 2.24) is 10.6 Å². The van der Waals surface area contributed by atoms with Crippen LogP contribution < -0.4 is 15.4 Å². The van der Waals surface area contributed by atoms with Crippen LogP contribution in [0.4, 0.5) is 0 Å². The van der Waals surface area contributed by atoms with Crippen molar-refractivity contribution in [3.05, 3.63) is 28.2 Å². The van der Waals surface area contributed by atoms with E-state index in [9.17, 15) is 4.79 Å². The van der Waals surface area contributed by atoms with Crippen LogP contribution in [-0.4, -0.2) is 25.1 Å². The second-order valence-corrected chi connectivity index (χ2v) is 6.28. The van der Waals surface area contributed by atoms with E-state index in [1.54, 1.807) is 0 Å². The Morgan fingerprint density at radius 2 is 2.05 bits per heavy atom. The Bertz CT molecular complexity index is 442. The third-order valence-electron chi connectivity index (χ3n) is 2.26. The van der Waals surface area contributed by atoms with Gasteiger partial charge in [0.1, 0.15) is 5.75 Å². The van der Waals surface area contributed by atoms with Crippen LogP contribution >= 0.6 is 15.9 Å². The van der Waals surface area contributed by atoms with E-state index in [0.29, 0.717) is 6.54 Å². The Kier molecular flexibility index (Phi) is 5.82. The van der Waals surface area contributed by atoms with Gasteiger partial charge in [0.05, 0.1) is 0 Å². The number of amides is 1. The fraction of sp³-hybridized carbons (Fsp3) is 0.500. The number of carbonyl (C=O) groups excluding carboxylic acids is 1. The molecule has 0 heterocycles. The highest BCUT2D eigenvalue weighted by Gasteiger charge is 2.14. The summed E-state index contributed by atoms with van der Waals surface area (Å²) in [6.07, 6.45) is 0. The molecule has 106 valence electrons. The lowest BCUT2D eigenvalue weighted by Gasteiger charge is -2.20. The van der Waals surface area contributed by atoms with Crippen LogP contribution in [0.25, 0.3) is 0 Å². The quantitative estimate of drug-likeness (QED) is 0.872. The topological polar surface area (TPSA) is 50.4 Å². The maximum Gasteiger partial charge on any atom is 0.258 e. The van der Waals surface area contributed by atoms with E-state index in [1.807, 2.05) is 46.0 Å². The molecule has 1 rings (SSSR count). The normalized spacial score (nSPS) is 11.2. The molecule has 2 N–H and O–H groups in total. The molecule has 0 spiro atoms. The molecular weight excluding hydrogens is 308 g/mol. The summed E-state index contributed by atoms with van der Waals surface area (Å²) in [5.41, 5.74) is 0.772. The lowest BCUT2D eigenvalue weighted by molar-refractivity contribution is -0.124. The molecule has 0 fully saturated rings. The Morgan fingerprint density at radius 1 is 1.37 bits per heavy atom. The van der Waals surface area contributed by atoms with Crippen LogP contribution in [0.15, 0.2) is 22.7 Å². The monoisotopic (exact) mass is 328 g/mol. The molecule has 0 atom stereocenters. The number of nitrogens with one attached hydrogen (secondary N) is 2. The lowest BCUT2D eigenvalue weighted by atomic mass is 10.1. The molecule has 0 saturated heterocycles. The highest BCUT2D eigenvalue weighted by Crippen LogP contribution is 2.23. The molecule has 4 nitrogen and oxygen atoms in total. The summed E-state index contributed by atoms with van der Waals surface area (Å²) in [6.45, 7) is 6.54. The van der Waals surface area contributed by atoms with Gasteiger partial charge >= 0.3 is 0 Å². The van der Waals surface area contributed by atoms with Gasteiger partial charge < -0.3 is 15.4 Å². The number of halogens is 1. The van der Waals surface area contributed by atoms with Crippen LogP contribution in [0.5, 0.6) is 5.75 Å². The van der Waals surface area contributed by atoms with Crippen LogP contribution in [0.1, 0.15) is 26.3 Å². The highest BCUT2D eigenvalue weighted by atomic mass is 79.9. The summed E-state index contributed by atoms with van der Waals surface area (Å²) in [7, 11) is 1.87. The van der Waals surface area contributed by atoms with Crippen molar-refractivity contribution in [2.75, 3.05) is 13.7 Å². The van der Waals surface area contributed by atoms with E-state index in [4.69, 9.17) is 4.74 Å². The maximum atomic E-state index is 11.7. The van der Waals surface area contributed by atoms with Gasteiger partial charge in [-0.2, -0.15) is 0 Å². The van der Waals surface area contributed by atoms with Gasteiger partial charge in [-0.1, -0.05) is 15.9 Å². The predicted molar refractivity (Wildman–Crippen MR) is 80.3 cm³/mol. The van der Waals surface area contributed by atoms with Crippen LogP contribution in [0.3, 0.4) is 0 Å². The smallest absolute Gasteiger partial charge is 0.258 e. The summed E-state index contributed by atoms with van der Waals surface area (Å²) in [5, 5.41) is 5.94. The first-order valence-corrected chi connectivity index (χ1v) is 6.98. The average Bonchev–Trinajstić information content (AvgIpc) is 2.26. The fourth-order valence-electron chi connectivity index (χ4n) is 1.62. The second kappa shape index (κ2) is 6.91. The largest absolute Gasteiger partial charge is 0.483 e. The molecular formula is C14H21BrN2O2. The van der Waals surface area contributed by atoms with E-state index < -0.39 is 0 Å². The van der Waals surface area contributed by atoms with Crippen molar-refractivity contribution in [2.45, 2.75) is 32.9 Å². The third-order valence-corrected chi connectivity index (χ3v) is 2.76. The third kappa shape index (κ3) is 6.07. The molecule has 0 aliphatic heterocycles. The Balaban J connectivity index is 2.64. The van der Waals surface area contributed by atoms with Crippen molar-refractivity contribution in [1.29, 1.82) is 0 Å². The number of hydrogen-bond acceptors (Lipinski definition) is 3. The first kappa shape index (κ1) is 16.0. The zero-order chi connectivity index (χ0) is 14.5. The maximum absolute atomic E-state index is 11.7. The van der Waals surface area contributed by atoms with Crippen LogP contribution in [0.2, 0.25) is 0 Å². The molecule has 1 aromatic rings. The minimum absolute atomic E-state index is 0.0234. The molecule has 0 aliphatic rings.